The molecule has 0 aliphatic heterocycles. The van der Waals surface area contributed by atoms with Crippen molar-refractivity contribution in [3.63, 3.8) is 0 Å². The summed E-state index contributed by atoms with van der Waals surface area (Å²) in [4.78, 5) is 10.6. The van der Waals surface area contributed by atoms with Crippen LogP contribution in [0.5, 0.6) is 0 Å². The Kier molecular flexibility index (Phi) is 5.18. The molecule has 0 unspecified atom stereocenters. The molecule has 0 bridgehead atoms. The van der Waals surface area contributed by atoms with E-state index in [1.807, 2.05) is 0 Å². The lowest BCUT2D eigenvalue weighted by atomic mass is 9.78. The molecule has 0 spiro atoms. The first-order valence-electron chi connectivity index (χ1n) is 7.65. The Balaban J connectivity index is 1.75. The summed E-state index contributed by atoms with van der Waals surface area (Å²) in [5.74, 6) is -0.311. The van der Waals surface area contributed by atoms with Gasteiger partial charge in [-0.1, -0.05) is 24.3 Å². The molecule has 21 heavy (non-hydrogen) atoms. The zero-order valence-corrected chi connectivity index (χ0v) is 13.1. The van der Waals surface area contributed by atoms with Gasteiger partial charge in [0.2, 0.25) is 0 Å². The van der Waals surface area contributed by atoms with E-state index in [2.05, 4.69) is 50.4 Å². The molecule has 0 radical (unpaired) electrons. The average Bonchev–Trinajstić information content (AvgIpc) is 2.36. The number of carboxylic acids is 1. The van der Waals surface area contributed by atoms with Crippen molar-refractivity contribution >= 4 is 12.0 Å². The Hall–Kier alpha value is -1.61. The highest BCUT2D eigenvalue weighted by Gasteiger charge is 2.29. The molecule has 3 nitrogen and oxygen atoms in total. The minimum absolute atomic E-state index is 0.315. The van der Waals surface area contributed by atoms with Gasteiger partial charge in [-0.25, -0.2) is 0 Å². The minimum atomic E-state index is -0.677. The summed E-state index contributed by atoms with van der Waals surface area (Å²) in [6.45, 7) is 7.27. The van der Waals surface area contributed by atoms with Crippen LogP contribution in [0.2, 0.25) is 0 Å². The van der Waals surface area contributed by atoms with Gasteiger partial charge >= 0.3 is 5.97 Å². The summed E-state index contributed by atoms with van der Waals surface area (Å²) < 4.78 is 0. The third-order valence-corrected chi connectivity index (χ3v) is 4.40. The van der Waals surface area contributed by atoms with E-state index >= 15 is 0 Å². The van der Waals surface area contributed by atoms with Crippen LogP contribution < -0.4 is 5.32 Å². The van der Waals surface area contributed by atoms with Crippen LogP contribution in [0, 0.1) is 26.7 Å². The monoisotopic (exact) mass is 287 g/mol. The van der Waals surface area contributed by atoms with E-state index in [0.717, 1.165) is 19.4 Å². The number of hydrogen-bond donors (Lipinski definition) is 2. The van der Waals surface area contributed by atoms with Crippen molar-refractivity contribution in [2.45, 2.75) is 46.1 Å². The Morgan fingerprint density at radius 3 is 2.57 bits per heavy atom. The third-order valence-electron chi connectivity index (χ3n) is 4.40. The van der Waals surface area contributed by atoms with Gasteiger partial charge in [-0.05, 0) is 61.8 Å². The number of aliphatic carboxylic acids is 1. The fourth-order valence-corrected chi connectivity index (χ4v) is 2.90. The minimum Gasteiger partial charge on any atom is -0.481 e. The van der Waals surface area contributed by atoms with Crippen molar-refractivity contribution in [2.24, 2.45) is 5.92 Å². The molecule has 1 aromatic rings. The molecule has 3 heteroatoms. The van der Waals surface area contributed by atoms with Gasteiger partial charge in [-0.15, -0.1) is 0 Å². The lowest BCUT2D eigenvalue weighted by Gasteiger charge is -2.34. The van der Waals surface area contributed by atoms with Crippen LogP contribution in [0.25, 0.3) is 6.08 Å². The number of nitrogens with one attached hydrogen (secondary N) is 1. The van der Waals surface area contributed by atoms with E-state index in [9.17, 15) is 4.79 Å². The third kappa shape index (κ3) is 4.43. The molecule has 1 fully saturated rings. The van der Waals surface area contributed by atoms with Gasteiger partial charge in [0.25, 0.3) is 0 Å². The number of carbonyl (C=O) groups is 1. The number of hydrogen-bond acceptors (Lipinski definition) is 2. The molecule has 0 atom stereocenters. The highest BCUT2D eigenvalue weighted by atomic mass is 16.4. The van der Waals surface area contributed by atoms with E-state index in [4.69, 9.17) is 5.11 Å². The molecule has 0 saturated heterocycles. The molecule has 1 aliphatic rings. The van der Waals surface area contributed by atoms with Gasteiger partial charge in [0.1, 0.15) is 0 Å². The Morgan fingerprint density at radius 2 is 1.90 bits per heavy atom. The van der Waals surface area contributed by atoms with E-state index in [1.54, 1.807) is 0 Å². The van der Waals surface area contributed by atoms with Gasteiger partial charge in [-0.2, -0.15) is 0 Å². The van der Waals surface area contributed by atoms with Crippen LogP contribution in [0.15, 0.2) is 18.2 Å². The summed E-state index contributed by atoms with van der Waals surface area (Å²) in [5.41, 5.74) is 5.24. The topological polar surface area (TPSA) is 49.3 Å². The van der Waals surface area contributed by atoms with Gasteiger partial charge < -0.3 is 10.4 Å². The first kappa shape index (κ1) is 15.8. The molecule has 114 valence electrons. The second-order valence-electron chi connectivity index (χ2n) is 6.24. The maximum Gasteiger partial charge on any atom is 0.303 e. The lowest BCUT2D eigenvalue weighted by molar-refractivity contribution is -0.138. The largest absolute Gasteiger partial charge is 0.481 e. The number of benzene rings is 1. The van der Waals surface area contributed by atoms with E-state index in [0.29, 0.717) is 18.4 Å². The predicted molar refractivity (Wildman–Crippen MR) is 86.5 cm³/mol. The zero-order chi connectivity index (χ0) is 15.4. The normalized spacial score (nSPS) is 21.5. The maximum absolute atomic E-state index is 10.6. The van der Waals surface area contributed by atoms with Crippen molar-refractivity contribution in [2.75, 3.05) is 6.54 Å². The van der Waals surface area contributed by atoms with Gasteiger partial charge in [0, 0.05) is 19.0 Å². The first-order valence-corrected chi connectivity index (χ1v) is 7.65. The lowest BCUT2D eigenvalue weighted by Crippen LogP contribution is -2.41. The van der Waals surface area contributed by atoms with E-state index < -0.39 is 5.97 Å². The Labute approximate surface area is 127 Å². The molecule has 1 aliphatic carbocycles. The van der Waals surface area contributed by atoms with Crippen LogP contribution in [0.4, 0.5) is 0 Å². The fraction of sp³-hybridized carbons (Fsp3) is 0.500. The Bertz CT molecular complexity index is 542. The molecule has 1 saturated carbocycles. The molecule has 2 N–H and O–H groups in total. The highest BCUT2D eigenvalue weighted by Crippen LogP contribution is 2.30. The summed E-state index contributed by atoms with van der Waals surface area (Å²) in [6.07, 6.45) is 6.62. The summed E-state index contributed by atoms with van der Waals surface area (Å²) >= 11 is 0. The van der Waals surface area contributed by atoms with E-state index in [1.165, 1.54) is 22.3 Å². The Morgan fingerprint density at radius 1 is 1.24 bits per heavy atom. The second-order valence-corrected chi connectivity index (χ2v) is 6.24. The van der Waals surface area contributed by atoms with Crippen molar-refractivity contribution in [1.82, 2.24) is 5.32 Å². The zero-order valence-electron chi connectivity index (χ0n) is 13.1. The SMILES string of the molecule is Cc1cc(C)c(/C=C/CNC2CC(CC(=O)O)C2)cc1C. The van der Waals surface area contributed by atoms with Crippen molar-refractivity contribution in [3.05, 3.63) is 40.5 Å². The van der Waals surface area contributed by atoms with Gasteiger partial charge in [0.05, 0.1) is 0 Å². The van der Waals surface area contributed by atoms with Crippen LogP contribution in [-0.4, -0.2) is 23.7 Å². The van der Waals surface area contributed by atoms with Crippen molar-refractivity contribution in [3.8, 4) is 0 Å². The molecular weight excluding hydrogens is 262 g/mol. The summed E-state index contributed by atoms with van der Waals surface area (Å²) in [6, 6.07) is 4.94. The maximum atomic E-state index is 10.6. The molecule has 0 aromatic heterocycles. The molecule has 0 amide bonds. The van der Waals surface area contributed by atoms with Crippen molar-refractivity contribution in [1.29, 1.82) is 0 Å². The van der Waals surface area contributed by atoms with E-state index in [-0.39, 0.29) is 0 Å². The number of rotatable bonds is 6. The van der Waals surface area contributed by atoms with Crippen LogP contribution in [0.3, 0.4) is 0 Å². The van der Waals surface area contributed by atoms with Gasteiger partial charge in [-0.3, -0.25) is 4.79 Å². The van der Waals surface area contributed by atoms with Crippen LogP contribution >= 0.6 is 0 Å². The standard InChI is InChI=1S/C18H25NO2/c1-12-7-14(3)16(8-13(12)2)5-4-6-19-17-9-15(10-17)11-18(20)21/h4-5,7-8,15,17,19H,6,9-11H2,1-3H3,(H,20,21)/b5-4+. The quantitative estimate of drug-likeness (QED) is 0.842. The van der Waals surface area contributed by atoms with Gasteiger partial charge in [0.15, 0.2) is 0 Å². The summed E-state index contributed by atoms with van der Waals surface area (Å²) in [7, 11) is 0. The second kappa shape index (κ2) is 6.90. The van der Waals surface area contributed by atoms with Crippen LogP contribution in [0.1, 0.15) is 41.5 Å². The summed E-state index contributed by atoms with van der Waals surface area (Å²) in [5, 5.41) is 12.2. The number of aryl methyl sites for hydroxylation is 3. The van der Waals surface area contributed by atoms with Crippen molar-refractivity contribution < 1.29 is 9.90 Å². The predicted octanol–water partition coefficient (Wildman–Crippen LogP) is 3.47. The first-order chi connectivity index (χ1) is 9.95. The molecule has 0 heterocycles. The number of carboxylic acid groups (broad SMARTS) is 1. The average molecular weight is 287 g/mol. The molecule has 1 aromatic carbocycles. The smallest absolute Gasteiger partial charge is 0.303 e. The van der Waals surface area contributed by atoms with Crippen LogP contribution in [-0.2, 0) is 4.79 Å². The fourth-order valence-electron chi connectivity index (χ4n) is 2.90. The molecule has 2 rings (SSSR count). The molecular formula is C18H25NO2. The highest BCUT2D eigenvalue weighted by molar-refractivity contribution is 5.67.